The first-order chi connectivity index (χ1) is 10.0. The van der Waals surface area contributed by atoms with E-state index in [1.165, 1.54) is 0 Å². The van der Waals surface area contributed by atoms with Gasteiger partial charge in [0.2, 0.25) is 0 Å². The van der Waals surface area contributed by atoms with Crippen molar-refractivity contribution in [3.8, 4) is 0 Å². The van der Waals surface area contributed by atoms with Crippen molar-refractivity contribution in [2.45, 2.75) is 32.7 Å². The lowest BCUT2D eigenvalue weighted by molar-refractivity contribution is 0.261. The summed E-state index contributed by atoms with van der Waals surface area (Å²) in [5.74, 6) is 0.920. The van der Waals surface area contributed by atoms with Gasteiger partial charge in [0.15, 0.2) is 0 Å². The highest BCUT2D eigenvalue weighted by Gasteiger charge is 2.18. The summed E-state index contributed by atoms with van der Waals surface area (Å²) in [6.07, 6.45) is 0. The number of likely N-dealkylation sites (N-methyl/N-ethyl adjacent to an activating group) is 1. The van der Waals surface area contributed by atoms with Gasteiger partial charge in [-0.05, 0) is 48.7 Å². The Hall–Kier alpha value is -0.400. The molecule has 1 unspecified atom stereocenters. The number of hydrogen-bond donors (Lipinski definition) is 0. The van der Waals surface area contributed by atoms with Gasteiger partial charge >= 0.3 is 0 Å². The fraction of sp³-hybridized carbons (Fsp3) is 0.533. The number of fused-ring (bicyclic) bond motifs is 1. The Morgan fingerprint density at radius 2 is 2.05 bits per heavy atom. The summed E-state index contributed by atoms with van der Waals surface area (Å²) in [5.41, 5.74) is 1.63. The number of hydrogen-bond acceptors (Lipinski definition) is 2. The van der Waals surface area contributed by atoms with Crippen LogP contribution in [0.1, 0.15) is 32.6 Å². The number of aromatic nitrogens is 2. The fourth-order valence-electron chi connectivity index (χ4n) is 2.66. The van der Waals surface area contributed by atoms with Crippen molar-refractivity contribution in [2.24, 2.45) is 0 Å². The average Bonchev–Trinajstić information content (AvgIpc) is 2.82. The number of halogens is 3. The van der Waals surface area contributed by atoms with Gasteiger partial charge in [0, 0.05) is 18.7 Å². The Balaban J connectivity index is 2.47. The Bertz CT molecular complexity index is 625. The Morgan fingerprint density at radius 1 is 1.38 bits per heavy atom. The molecular weight excluding hydrogens is 404 g/mol. The number of rotatable bonds is 6. The van der Waals surface area contributed by atoms with Gasteiger partial charge in [0.25, 0.3) is 0 Å². The quantitative estimate of drug-likeness (QED) is 0.506. The van der Waals surface area contributed by atoms with Crippen LogP contribution in [0.4, 0.5) is 4.39 Å². The molecular formula is C15H20ClFIN3. The van der Waals surface area contributed by atoms with Crippen LogP contribution in [0.5, 0.6) is 0 Å². The van der Waals surface area contributed by atoms with Crippen LogP contribution in [0.3, 0.4) is 0 Å². The molecule has 1 aromatic carbocycles. The van der Waals surface area contributed by atoms with Gasteiger partial charge in [-0.3, -0.25) is 0 Å². The largest absolute Gasteiger partial charge is 0.323 e. The van der Waals surface area contributed by atoms with Crippen LogP contribution in [0.2, 0.25) is 0 Å². The van der Waals surface area contributed by atoms with E-state index in [1.807, 2.05) is 22.6 Å². The molecule has 0 radical (unpaired) electrons. The van der Waals surface area contributed by atoms with Crippen LogP contribution >= 0.6 is 34.2 Å². The molecule has 1 atom stereocenters. The summed E-state index contributed by atoms with van der Waals surface area (Å²) in [5, 5.41) is 0. The maximum atomic E-state index is 13.9. The minimum absolute atomic E-state index is 0.197. The van der Waals surface area contributed by atoms with E-state index in [-0.39, 0.29) is 11.9 Å². The fourth-order valence-corrected chi connectivity index (χ4v) is 3.30. The normalized spacial score (nSPS) is 13.3. The van der Waals surface area contributed by atoms with Crippen LogP contribution in [0, 0.1) is 9.39 Å². The molecule has 0 saturated carbocycles. The lowest BCUT2D eigenvalue weighted by Gasteiger charge is -2.25. The van der Waals surface area contributed by atoms with Gasteiger partial charge in [-0.1, -0.05) is 13.8 Å². The molecule has 0 fully saturated rings. The molecule has 21 heavy (non-hydrogen) atoms. The molecule has 1 heterocycles. The maximum absolute atomic E-state index is 13.9. The van der Waals surface area contributed by atoms with E-state index in [0.29, 0.717) is 9.45 Å². The zero-order chi connectivity index (χ0) is 15.6. The second-order valence-electron chi connectivity index (χ2n) is 5.12. The first-order valence-electron chi connectivity index (χ1n) is 7.15. The van der Waals surface area contributed by atoms with Crippen molar-refractivity contribution >= 4 is 45.2 Å². The standard InChI is InChI=1S/C15H20ClFIN3/c1-4-20(5-2)9-10(3)21-14-6-11(17)12(18)7-13(14)19-15(21)8-16/h6-7,10H,4-5,8-9H2,1-3H3. The molecule has 2 rings (SSSR count). The van der Waals surface area contributed by atoms with Gasteiger partial charge in [-0.25, -0.2) is 9.37 Å². The van der Waals surface area contributed by atoms with E-state index in [1.54, 1.807) is 12.1 Å². The number of alkyl halides is 1. The van der Waals surface area contributed by atoms with E-state index in [0.717, 1.165) is 36.5 Å². The van der Waals surface area contributed by atoms with Crippen LogP contribution < -0.4 is 0 Å². The van der Waals surface area contributed by atoms with E-state index in [2.05, 4.69) is 35.2 Å². The third-order valence-corrected chi connectivity index (χ3v) is 4.85. The van der Waals surface area contributed by atoms with Crippen molar-refractivity contribution in [2.75, 3.05) is 19.6 Å². The molecule has 0 bridgehead atoms. The molecule has 0 saturated heterocycles. The molecule has 0 N–H and O–H groups in total. The predicted molar refractivity (Wildman–Crippen MR) is 94.5 cm³/mol. The van der Waals surface area contributed by atoms with Gasteiger partial charge in [0.05, 0.1) is 20.5 Å². The van der Waals surface area contributed by atoms with Crippen LogP contribution in [0.15, 0.2) is 12.1 Å². The first kappa shape index (κ1) is 17.0. The molecule has 1 aromatic heterocycles. The Morgan fingerprint density at radius 3 is 2.62 bits per heavy atom. The van der Waals surface area contributed by atoms with Crippen LogP contribution in [0.25, 0.3) is 11.0 Å². The number of imidazole rings is 1. The first-order valence-corrected chi connectivity index (χ1v) is 8.77. The van der Waals surface area contributed by atoms with E-state index in [4.69, 9.17) is 11.6 Å². The highest BCUT2D eigenvalue weighted by Crippen LogP contribution is 2.26. The summed E-state index contributed by atoms with van der Waals surface area (Å²) in [6.45, 7) is 9.31. The molecule has 6 heteroatoms. The second-order valence-corrected chi connectivity index (χ2v) is 6.55. The predicted octanol–water partition coefficient (Wildman–Crippen LogP) is 4.42. The third kappa shape index (κ3) is 3.51. The highest BCUT2D eigenvalue weighted by atomic mass is 127. The topological polar surface area (TPSA) is 21.1 Å². The van der Waals surface area contributed by atoms with E-state index < -0.39 is 0 Å². The highest BCUT2D eigenvalue weighted by molar-refractivity contribution is 14.1. The van der Waals surface area contributed by atoms with E-state index >= 15 is 0 Å². The average molecular weight is 424 g/mol. The monoisotopic (exact) mass is 423 g/mol. The minimum atomic E-state index is -0.208. The van der Waals surface area contributed by atoms with Crippen molar-refractivity contribution in [1.82, 2.24) is 14.5 Å². The van der Waals surface area contributed by atoms with E-state index in [9.17, 15) is 4.39 Å². The van der Waals surface area contributed by atoms with Crippen molar-refractivity contribution < 1.29 is 4.39 Å². The maximum Gasteiger partial charge on any atom is 0.138 e. The van der Waals surface area contributed by atoms with Gasteiger partial charge in [-0.2, -0.15) is 0 Å². The summed E-state index contributed by atoms with van der Waals surface area (Å²) >= 11 is 8.03. The molecule has 0 aliphatic rings. The molecule has 3 nitrogen and oxygen atoms in total. The molecule has 0 amide bonds. The Kier molecular flexibility index (Phi) is 5.85. The van der Waals surface area contributed by atoms with Crippen molar-refractivity contribution in [3.63, 3.8) is 0 Å². The SMILES string of the molecule is CCN(CC)CC(C)n1c(CCl)nc2cc(I)c(F)cc21. The zero-order valence-electron chi connectivity index (χ0n) is 12.5. The lowest BCUT2D eigenvalue weighted by atomic mass is 10.2. The van der Waals surface area contributed by atoms with Gasteiger partial charge < -0.3 is 9.47 Å². The van der Waals surface area contributed by atoms with Crippen molar-refractivity contribution in [3.05, 3.63) is 27.3 Å². The second kappa shape index (κ2) is 7.24. The van der Waals surface area contributed by atoms with Crippen LogP contribution in [-0.2, 0) is 5.88 Å². The summed E-state index contributed by atoms with van der Waals surface area (Å²) in [6, 6.07) is 3.55. The molecule has 0 aliphatic heterocycles. The van der Waals surface area contributed by atoms with Crippen LogP contribution in [-0.4, -0.2) is 34.1 Å². The smallest absolute Gasteiger partial charge is 0.138 e. The van der Waals surface area contributed by atoms with Crippen molar-refractivity contribution in [1.29, 1.82) is 0 Å². The molecule has 0 aliphatic carbocycles. The molecule has 116 valence electrons. The molecule has 0 spiro atoms. The summed E-state index contributed by atoms with van der Waals surface area (Å²) < 4.78 is 16.6. The third-order valence-electron chi connectivity index (χ3n) is 3.78. The number of benzene rings is 1. The minimum Gasteiger partial charge on any atom is -0.323 e. The van der Waals surface area contributed by atoms with Gasteiger partial charge in [0.1, 0.15) is 11.6 Å². The summed E-state index contributed by atoms with van der Waals surface area (Å²) in [7, 11) is 0. The molecule has 2 aromatic rings. The van der Waals surface area contributed by atoms with Gasteiger partial charge in [-0.15, -0.1) is 11.6 Å². The summed E-state index contributed by atoms with van der Waals surface area (Å²) in [4.78, 5) is 6.90. The zero-order valence-corrected chi connectivity index (χ0v) is 15.4. The Labute approximate surface area is 143 Å². The lowest BCUT2D eigenvalue weighted by Crippen LogP contribution is -2.30. The number of nitrogens with zero attached hydrogens (tertiary/aromatic N) is 3.